The summed E-state index contributed by atoms with van der Waals surface area (Å²) in [5.41, 5.74) is 0. The van der Waals surface area contributed by atoms with Crippen LogP contribution in [0.1, 0.15) is 20.3 Å². The summed E-state index contributed by atoms with van der Waals surface area (Å²) in [7, 11) is 0. The van der Waals surface area contributed by atoms with Crippen LogP contribution in [0.5, 0.6) is 0 Å². The first kappa shape index (κ1) is 10.8. The van der Waals surface area contributed by atoms with Crippen LogP contribution in [0.15, 0.2) is 4.99 Å². The zero-order valence-electron chi connectivity index (χ0n) is 7.45. The van der Waals surface area contributed by atoms with Crippen LogP contribution in [-0.2, 0) is 0 Å². The topological polar surface area (TPSA) is 15.6 Å². The second-order valence-electron chi connectivity index (χ2n) is 2.13. The van der Waals surface area contributed by atoms with Crippen molar-refractivity contribution in [3.05, 3.63) is 0 Å². The highest BCUT2D eigenvalue weighted by atomic mass is 32.1. The van der Waals surface area contributed by atoms with E-state index in [1.165, 1.54) is 0 Å². The molecular weight excluding hydrogens is 156 g/mol. The molecule has 0 aromatic rings. The Balaban J connectivity index is 0.000000461. The minimum absolute atomic E-state index is 0.977. The monoisotopic (exact) mass is 174 g/mol. The van der Waals surface area contributed by atoms with Crippen molar-refractivity contribution in [1.29, 1.82) is 0 Å². The van der Waals surface area contributed by atoms with Crippen molar-refractivity contribution in [2.75, 3.05) is 25.4 Å². The molecule has 66 valence electrons. The van der Waals surface area contributed by atoms with E-state index in [-0.39, 0.29) is 0 Å². The Hall–Kier alpha value is -0.180. The van der Waals surface area contributed by atoms with Crippen LogP contribution in [-0.4, -0.2) is 36.6 Å². The quantitative estimate of drug-likeness (QED) is 0.644. The summed E-state index contributed by atoms with van der Waals surface area (Å²) in [6.07, 6.45) is 3.10. The van der Waals surface area contributed by atoms with Gasteiger partial charge in [-0.15, -0.1) is 0 Å². The predicted octanol–water partition coefficient (Wildman–Crippen LogP) is 1.68. The predicted molar refractivity (Wildman–Crippen MR) is 54.8 cm³/mol. The molecule has 0 saturated heterocycles. The lowest BCUT2D eigenvalue weighted by Gasteiger charge is -2.11. The van der Waals surface area contributed by atoms with Crippen LogP contribution in [0.2, 0.25) is 0 Å². The van der Waals surface area contributed by atoms with E-state index in [1.54, 1.807) is 0 Å². The molecule has 0 unspecified atom stereocenters. The molecule has 0 atom stereocenters. The van der Waals surface area contributed by atoms with Crippen LogP contribution in [0, 0.1) is 0 Å². The molecule has 0 aliphatic carbocycles. The third-order valence-electron chi connectivity index (χ3n) is 1.36. The molecule has 0 aromatic heterocycles. The Morgan fingerprint density at radius 1 is 1.55 bits per heavy atom. The van der Waals surface area contributed by atoms with Gasteiger partial charge in [0.15, 0.2) is 0 Å². The van der Waals surface area contributed by atoms with E-state index in [1.807, 2.05) is 20.2 Å². The van der Waals surface area contributed by atoms with Gasteiger partial charge in [-0.25, -0.2) is 0 Å². The lowest BCUT2D eigenvalue weighted by atomic mass is 10.4. The van der Waals surface area contributed by atoms with E-state index in [9.17, 15) is 0 Å². The van der Waals surface area contributed by atoms with Crippen molar-refractivity contribution in [3.8, 4) is 0 Å². The van der Waals surface area contributed by atoms with Crippen molar-refractivity contribution in [2.45, 2.75) is 20.3 Å². The first-order chi connectivity index (χ1) is 5.43. The molecule has 2 nitrogen and oxygen atoms in total. The number of thiol groups is 1. The van der Waals surface area contributed by atoms with Gasteiger partial charge >= 0.3 is 0 Å². The summed E-state index contributed by atoms with van der Waals surface area (Å²) in [5.74, 6) is 0.977. The molecule has 0 amide bonds. The van der Waals surface area contributed by atoms with Gasteiger partial charge in [-0.05, 0) is 12.2 Å². The van der Waals surface area contributed by atoms with Crippen LogP contribution >= 0.6 is 12.6 Å². The zero-order chi connectivity index (χ0) is 8.53. The smallest absolute Gasteiger partial charge is 0.0851 e. The fourth-order valence-corrected chi connectivity index (χ4v) is 1.00. The van der Waals surface area contributed by atoms with Gasteiger partial charge in [0.1, 0.15) is 0 Å². The number of nitrogens with zero attached hydrogens (tertiary/aromatic N) is 2. The molecule has 0 bridgehead atoms. The molecule has 3 heteroatoms. The Morgan fingerprint density at radius 3 is 2.73 bits per heavy atom. The van der Waals surface area contributed by atoms with E-state index in [4.69, 9.17) is 0 Å². The molecule has 0 N–H and O–H groups in total. The maximum Gasteiger partial charge on any atom is 0.0851 e. The molecule has 0 spiro atoms. The molecule has 11 heavy (non-hydrogen) atoms. The minimum Gasteiger partial charge on any atom is -0.361 e. The van der Waals surface area contributed by atoms with Gasteiger partial charge in [0.2, 0.25) is 0 Å². The molecule has 1 aliphatic rings. The van der Waals surface area contributed by atoms with Crippen LogP contribution in [0.4, 0.5) is 0 Å². The molecule has 1 rings (SSSR count). The van der Waals surface area contributed by atoms with Crippen molar-refractivity contribution in [2.24, 2.45) is 4.99 Å². The van der Waals surface area contributed by atoms with Gasteiger partial charge in [0, 0.05) is 13.1 Å². The van der Waals surface area contributed by atoms with E-state index in [0.717, 1.165) is 31.8 Å². The van der Waals surface area contributed by atoms with Crippen LogP contribution in [0.25, 0.3) is 0 Å². The lowest BCUT2D eigenvalue weighted by molar-refractivity contribution is 0.468. The fourth-order valence-electron chi connectivity index (χ4n) is 0.860. The van der Waals surface area contributed by atoms with E-state index in [0.29, 0.717) is 0 Å². The Bertz CT molecular complexity index is 104. The Morgan fingerprint density at radius 2 is 2.27 bits per heavy atom. The highest BCUT2D eigenvalue weighted by molar-refractivity contribution is 7.80. The van der Waals surface area contributed by atoms with Gasteiger partial charge in [-0.1, -0.05) is 13.8 Å². The van der Waals surface area contributed by atoms with E-state index >= 15 is 0 Å². The van der Waals surface area contributed by atoms with Gasteiger partial charge in [-0.3, -0.25) is 4.99 Å². The number of hydrogen-bond acceptors (Lipinski definition) is 3. The summed E-state index contributed by atoms with van der Waals surface area (Å²) in [5, 5.41) is 0. The van der Waals surface area contributed by atoms with E-state index in [2.05, 4.69) is 22.5 Å². The summed E-state index contributed by atoms with van der Waals surface area (Å²) in [6.45, 7) is 7.20. The molecule has 1 aliphatic heterocycles. The summed E-state index contributed by atoms with van der Waals surface area (Å²) < 4.78 is 0. The van der Waals surface area contributed by atoms with Crippen LogP contribution < -0.4 is 0 Å². The normalized spacial score (nSPS) is 14.6. The highest BCUT2D eigenvalue weighted by Crippen LogP contribution is 1.95. The number of aliphatic imine (C=N–C) groups is 1. The molecular formula is C8H18N2S. The fraction of sp³-hybridized carbons (Fsp3) is 0.875. The summed E-state index contributed by atoms with van der Waals surface area (Å²) in [6, 6.07) is 0. The molecule has 0 saturated carbocycles. The van der Waals surface area contributed by atoms with Crippen molar-refractivity contribution in [3.63, 3.8) is 0 Å². The zero-order valence-corrected chi connectivity index (χ0v) is 8.35. The number of hydrogen-bond donors (Lipinski definition) is 1. The van der Waals surface area contributed by atoms with Crippen molar-refractivity contribution in [1.82, 2.24) is 4.90 Å². The standard InChI is InChI=1S/C6H12N2S.C2H6/c9-5-1-3-8-4-2-7-6-8;1-2/h6,9H,1-5H2;1-2H3. The van der Waals surface area contributed by atoms with Gasteiger partial charge in [0.25, 0.3) is 0 Å². The third-order valence-corrected chi connectivity index (χ3v) is 1.68. The Labute approximate surface area is 75.1 Å². The Kier molecular flexibility index (Phi) is 7.79. The second-order valence-corrected chi connectivity index (χ2v) is 2.58. The third kappa shape index (κ3) is 5.13. The van der Waals surface area contributed by atoms with Crippen LogP contribution in [0.3, 0.4) is 0 Å². The molecule has 1 heterocycles. The summed E-state index contributed by atoms with van der Waals surface area (Å²) in [4.78, 5) is 6.33. The SMILES string of the molecule is CC.SCCCN1C=NCC1. The average molecular weight is 174 g/mol. The second kappa shape index (κ2) is 7.92. The minimum atomic E-state index is 0.977. The maximum atomic E-state index is 4.12. The van der Waals surface area contributed by atoms with Gasteiger partial charge in [-0.2, -0.15) is 12.6 Å². The first-order valence-electron chi connectivity index (χ1n) is 4.28. The van der Waals surface area contributed by atoms with Gasteiger partial charge in [0.05, 0.1) is 12.9 Å². The highest BCUT2D eigenvalue weighted by Gasteiger charge is 2.02. The van der Waals surface area contributed by atoms with Crippen molar-refractivity contribution >= 4 is 19.0 Å². The molecule has 0 fully saturated rings. The largest absolute Gasteiger partial charge is 0.361 e. The summed E-state index contributed by atoms with van der Waals surface area (Å²) >= 11 is 4.12. The lowest BCUT2D eigenvalue weighted by Crippen LogP contribution is -2.20. The molecule has 0 radical (unpaired) electrons. The average Bonchev–Trinajstić information content (AvgIpc) is 2.57. The molecule has 0 aromatic carbocycles. The first-order valence-corrected chi connectivity index (χ1v) is 4.91. The number of rotatable bonds is 3. The van der Waals surface area contributed by atoms with Gasteiger partial charge < -0.3 is 4.90 Å². The maximum absolute atomic E-state index is 4.12. The van der Waals surface area contributed by atoms with Crippen molar-refractivity contribution < 1.29 is 0 Å². The van der Waals surface area contributed by atoms with E-state index < -0.39 is 0 Å².